The zero-order chi connectivity index (χ0) is 15.5. The number of piperidine rings is 1. The van der Waals surface area contributed by atoms with Gasteiger partial charge in [-0.25, -0.2) is 4.98 Å². The number of nitrogens with one attached hydrogen (secondary N) is 1. The molecule has 3 heterocycles. The van der Waals surface area contributed by atoms with E-state index in [1.807, 2.05) is 32.2 Å². The Hall–Kier alpha value is -2.37. The number of anilines is 1. The Balaban J connectivity index is 1.64. The summed E-state index contributed by atoms with van der Waals surface area (Å²) >= 11 is 0. The van der Waals surface area contributed by atoms with Crippen molar-refractivity contribution >= 4 is 11.7 Å². The van der Waals surface area contributed by atoms with Crippen LogP contribution in [0.25, 0.3) is 0 Å². The van der Waals surface area contributed by atoms with Gasteiger partial charge in [0.1, 0.15) is 11.5 Å². The van der Waals surface area contributed by atoms with E-state index in [1.165, 1.54) is 0 Å². The van der Waals surface area contributed by atoms with E-state index in [1.54, 1.807) is 16.9 Å². The molecule has 2 aromatic rings. The van der Waals surface area contributed by atoms with Gasteiger partial charge >= 0.3 is 0 Å². The lowest BCUT2D eigenvalue weighted by molar-refractivity contribution is 0.0927. The molecule has 0 radical (unpaired) electrons. The van der Waals surface area contributed by atoms with E-state index < -0.39 is 0 Å². The molecule has 1 unspecified atom stereocenters. The highest BCUT2D eigenvalue weighted by atomic mass is 16.2. The first-order chi connectivity index (χ1) is 10.6. The number of rotatable bonds is 3. The van der Waals surface area contributed by atoms with Crippen molar-refractivity contribution < 1.29 is 4.79 Å². The van der Waals surface area contributed by atoms with Gasteiger partial charge in [0.05, 0.1) is 0 Å². The Kier molecular flexibility index (Phi) is 4.09. The molecule has 6 nitrogen and oxygen atoms in total. The van der Waals surface area contributed by atoms with E-state index in [4.69, 9.17) is 0 Å². The molecule has 1 aliphatic rings. The SMILES string of the molecule is Cc1cccc(N2CCCC(NC(=O)c3ccn(C)n3)C2)n1. The van der Waals surface area contributed by atoms with E-state index in [9.17, 15) is 4.79 Å². The Morgan fingerprint density at radius 2 is 2.23 bits per heavy atom. The van der Waals surface area contributed by atoms with Crippen molar-refractivity contribution in [1.29, 1.82) is 0 Å². The molecule has 2 aromatic heterocycles. The molecule has 0 saturated carbocycles. The molecule has 1 amide bonds. The van der Waals surface area contributed by atoms with E-state index in [0.717, 1.165) is 37.4 Å². The second-order valence-electron chi connectivity index (χ2n) is 5.77. The fourth-order valence-electron chi connectivity index (χ4n) is 2.80. The molecule has 1 N–H and O–H groups in total. The summed E-state index contributed by atoms with van der Waals surface area (Å²) in [6, 6.07) is 7.90. The molecule has 6 heteroatoms. The molecule has 0 spiro atoms. The van der Waals surface area contributed by atoms with E-state index >= 15 is 0 Å². The average molecular weight is 299 g/mol. The first kappa shape index (κ1) is 14.6. The van der Waals surface area contributed by atoms with Gasteiger partial charge in [0.15, 0.2) is 0 Å². The van der Waals surface area contributed by atoms with Crippen molar-refractivity contribution in [2.24, 2.45) is 7.05 Å². The van der Waals surface area contributed by atoms with Gasteiger partial charge in [-0.1, -0.05) is 6.07 Å². The van der Waals surface area contributed by atoms with Crippen LogP contribution in [0.2, 0.25) is 0 Å². The van der Waals surface area contributed by atoms with Crippen LogP contribution in [0.15, 0.2) is 30.5 Å². The number of pyridine rings is 1. The molecule has 1 aliphatic heterocycles. The molecule has 1 atom stereocenters. The summed E-state index contributed by atoms with van der Waals surface area (Å²) in [7, 11) is 1.81. The number of hydrogen-bond acceptors (Lipinski definition) is 4. The van der Waals surface area contributed by atoms with E-state index in [-0.39, 0.29) is 11.9 Å². The van der Waals surface area contributed by atoms with Crippen LogP contribution < -0.4 is 10.2 Å². The Morgan fingerprint density at radius 3 is 2.95 bits per heavy atom. The van der Waals surface area contributed by atoms with Crippen molar-refractivity contribution in [3.8, 4) is 0 Å². The van der Waals surface area contributed by atoms with Crippen LogP contribution in [0.1, 0.15) is 29.0 Å². The first-order valence-electron chi connectivity index (χ1n) is 7.61. The summed E-state index contributed by atoms with van der Waals surface area (Å²) in [4.78, 5) is 19.0. The van der Waals surface area contributed by atoms with Gasteiger partial charge in [0.25, 0.3) is 5.91 Å². The summed E-state index contributed by atoms with van der Waals surface area (Å²) in [6.07, 6.45) is 3.81. The lowest BCUT2D eigenvalue weighted by Crippen LogP contribution is -2.48. The molecule has 0 aliphatic carbocycles. The van der Waals surface area contributed by atoms with Gasteiger partial charge < -0.3 is 10.2 Å². The quantitative estimate of drug-likeness (QED) is 0.933. The van der Waals surface area contributed by atoms with Crippen LogP contribution in [0.3, 0.4) is 0 Å². The second kappa shape index (κ2) is 6.17. The van der Waals surface area contributed by atoms with Crippen molar-refractivity contribution in [3.05, 3.63) is 41.9 Å². The maximum Gasteiger partial charge on any atom is 0.272 e. The van der Waals surface area contributed by atoms with Crippen molar-refractivity contribution in [2.45, 2.75) is 25.8 Å². The minimum absolute atomic E-state index is 0.107. The predicted molar refractivity (Wildman–Crippen MR) is 84.9 cm³/mol. The number of carbonyl (C=O) groups is 1. The average Bonchev–Trinajstić information content (AvgIpc) is 2.94. The van der Waals surface area contributed by atoms with Gasteiger partial charge in [-0.05, 0) is 38.0 Å². The third-order valence-electron chi connectivity index (χ3n) is 3.90. The maximum atomic E-state index is 12.2. The summed E-state index contributed by atoms with van der Waals surface area (Å²) in [5.74, 6) is 0.876. The summed E-state index contributed by atoms with van der Waals surface area (Å²) < 4.78 is 1.64. The van der Waals surface area contributed by atoms with Crippen LogP contribution in [0.5, 0.6) is 0 Å². The smallest absolute Gasteiger partial charge is 0.272 e. The molecular weight excluding hydrogens is 278 g/mol. The van der Waals surface area contributed by atoms with E-state index in [0.29, 0.717) is 5.69 Å². The number of aryl methyl sites for hydroxylation is 2. The maximum absolute atomic E-state index is 12.2. The number of amides is 1. The Bertz CT molecular complexity index is 666. The van der Waals surface area contributed by atoms with Crippen LogP contribution in [0, 0.1) is 6.92 Å². The Labute approximate surface area is 130 Å². The van der Waals surface area contributed by atoms with Gasteiger partial charge in [-0.3, -0.25) is 9.48 Å². The third-order valence-corrected chi connectivity index (χ3v) is 3.90. The van der Waals surface area contributed by atoms with Crippen LogP contribution in [-0.4, -0.2) is 39.8 Å². The van der Waals surface area contributed by atoms with Crippen molar-refractivity contribution in [3.63, 3.8) is 0 Å². The fraction of sp³-hybridized carbons (Fsp3) is 0.438. The number of carbonyl (C=O) groups excluding carboxylic acids is 1. The fourth-order valence-corrected chi connectivity index (χ4v) is 2.80. The topological polar surface area (TPSA) is 63.1 Å². The summed E-state index contributed by atoms with van der Waals surface area (Å²) in [5, 5.41) is 7.22. The number of nitrogens with zero attached hydrogens (tertiary/aromatic N) is 4. The lowest BCUT2D eigenvalue weighted by atomic mass is 10.1. The lowest BCUT2D eigenvalue weighted by Gasteiger charge is -2.34. The monoisotopic (exact) mass is 299 g/mol. The second-order valence-corrected chi connectivity index (χ2v) is 5.77. The third kappa shape index (κ3) is 3.27. The predicted octanol–water partition coefficient (Wildman–Crippen LogP) is 1.52. The highest BCUT2D eigenvalue weighted by Gasteiger charge is 2.23. The molecule has 0 bridgehead atoms. The summed E-state index contributed by atoms with van der Waals surface area (Å²) in [5.41, 5.74) is 1.48. The zero-order valence-electron chi connectivity index (χ0n) is 13.0. The van der Waals surface area contributed by atoms with Gasteiger partial charge in [0.2, 0.25) is 0 Å². The minimum Gasteiger partial charge on any atom is -0.355 e. The molecular formula is C16H21N5O. The highest BCUT2D eigenvalue weighted by Crippen LogP contribution is 2.18. The molecule has 1 fully saturated rings. The molecule has 22 heavy (non-hydrogen) atoms. The van der Waals surface area contributed by atoms with Gasteiger partial charge in [-0.2, -0.15) is 5.10 Å². The Morgan fingerprint density at radius 1 is 1.36 bits per heavy atom. The standard InChI is InChI=1S/C16H21N5O/c1-12-5-3-7-15(17-12)21-9-4-6-13(11-21)18-16(22)14-8-10-20(2)19-14/h3,5,7-8,10,13H,4,6,9,11H2,1-2H3,(H,18,22). The molecule has 116 valence electrons. The van der Waals surface area contributed by atoms with Crippen molar-refractivity contribution in [2.75, 3.05) is 18.0 Å². The molecule has 1 saturated heterocycles. The first-order valence-corrected chi connectivity index (χ1v) is 7.61. The van der Waals surface area contributed by atoms with Crippen LogP contribution in [-0.2, 0) is 7.05 Å². The van der Waals surface area contributed by atoms with Gasteiger partial charge in [-0.15, -0.1) is 0 Å². The minimum atomic E-state index is -0.107. The number of aromatic nitrogens is 3. The summed E-state index contributed by atoms with van der Waals surface area (Å²) in [6.45, 7) is 3.76. The van der Waals surface area contributed by atoms with Crippen molar-refractivity contribution in [1.82, 2.24) is 20.1 Å². The van der Waals surface area contributed by atoms with E-state index in [2.05, 4.69) is 20.3 Å². The largest absolute Gasteiger partial charge is 0.355 e. The highest BCUT2D eigenvalue weighted by molar-refractivity contribution is 5.92. The van der Waals surface area contributed by atoms with Crippen LogP contribution in [0.4, 0.5) is 5.82 Å². The zero-order valence-corrected chi connectivity index (χ0v) is 13.0. The van der Waals surface area contributed by atoms with Gasteiger partial charge in [0, 0.05) is 38.1 Å². The molecule has 0 aromatic carbocycles. The van der Waals surface area contributed by atoms with Crippen LogP contribution >= 0.6 is 0 Å². The number of hydrogen-bond donors (Lipinski definition) is 1. The molecule has 3 rings (SSSR count). The normalized spacial score (nSPS) is 18.3.